The molecule has 2 aliphatic rings. The van der Waals surface area contributed by atoms with Crippen LogP contribution >= 0.6 is 0 Å². The molecule has 2 heterocycles. The minimum absolute atomic E-state index is 0.786. The third kappa shape index (κ3) is 7.02. The van der Waals surface area contributed by atoms with Gasteiger partial charge in [0.25, 0.3) is 0 Å². The molecule has 0 aromatic heterocycles. The molecular formula is C16H34N4. The third-order valence-corrected chi connectivity index (χ3v) is 4.65. The highest BCUT2D eigenvalue weighted by atomic mass is 15.3. The zero-order valence-corrected chi connectivity index (χ0v) is 13.5. The molecule has 0 aromatic carbocycles. The molecule has 0 bridgehead atoms. The Balaban J connectivity index is 1.26. The summed E-state index contributed by atoms with van der Waals surface area (Å²) in [5.41, 5.74) is 0. The second-order valence-corrected chi connectivity index (χ2v) is 6.55. The number of rotatable bonds is 13. The second-order valence-electron chi connectivity index (χ2n) is 6.55. The Morgan fingerprint density at radius 3 is 1.45 bits per heavy atom. The first-order valence-corrected chi connectivity index (χ1v) is 8.67. The molecule has 0 spiro atoms. The van der Waals surface area contributed by atoms with E-state index in [0.717, 1.165) is 12.1 Å². The van der Waals surface area contributed by atoms with Crippen molar-refractivity contribution < 1.29 is 0 Å². The summed E-state index contributed by atoms with van der Waals surface area (Å²) >= 11 is 0. The highest BCUT2D eigenvalue weighted by molar-refractivity contribution is 4.80. The Bertz CT molecular complexity index is 225. The Labute approximate surface area is 125 Å². The fourth-order valence-corrected chi connectivity index (χ4v) is 2.73. The Kier molecular flexibility index (Phi) is 7.28. The average Bonchev–Trinajstić information content (AvgIpc) is 3.32. The van der Waals surface area contributed by atoms with Gasteiger partial charge in [0, 0.05) is 38.3 Å². The molecule has 0 aliphatic carbocycles. The Hall–Kier alpha value is -0.160. The van der Waals surface area contributed by atoms with Crippen molar-refractivity contribution in [2.45, 2.75) is 51.6 Å². The molecule has 0 saturated carbocycles. The summed E-state index contributed by atoms with van der Waals surface area (Å²) in [4.78, 5) is 5.07. The molecule has 2 aliphatic heterocycles. The van der Waals surface area contributed by atoms with E-state index in [2.05, 4.69) is 34.3 Å². The first-order chi connectivity index (χ1) is 9.77. The van der Waals surface area contributed by atoms with E-state index in [-0.39, 0.29) is 0 Å². The van der Waals surface area contributed by atoms with Gasteiger partial charge >= 0.3 is 0 Å². The maximum atomic E-state index is 3.57. The fourth-order valence-electron chi connectivity index (χ4n) is 2.73. The summed E-state index contributed by atoms with van der Waals surface area (Å²) in [5.74, 6) is 0. The normalized spacial score (nSPS) is 21.9. The van der Waals surface area contributed by atoms with Crippen molar-refractivity contribution >= 4 is 0 Å². The van der Waals surface area contributed by atoms with Crippen molar-refractivity contribution in [1.82, 2.24) is 20.4 Å². The van der Waals surface area contributed by atoms with E-state index in [9.17, 15) is 0 Å². The SMILES string of the molecule is CC(CCNCCCCNCCC(C)N1CC1)N1CC1. The number of nitrogens with zero attached hydrogens (tertiary/aromatic N) is 2. The van der Waals surface area contributed by atoms with Crippen LogP contribution in [0.1, 0.15) is 39.5 Å². The molecule has 20 heavy (non-hydrogen) atoms. The lowest BCUT2D eigenvalue weighted by Gasteiger charge is -2.13. The van der Waals surface area contributed by atoms with Crippen LogP contribution in [-0.2, 0) is 0 Å². The van der Waals surface area contributed by atoms with Crippen molar-refractivity contribution in [3.63, 3.8) is 0 Å². The maximum Gasteiger partial charge on any atom is 0.0113 e. The van der Waals surface area contributed by atoms with Gasteiger partial charge in [-0.1, -0.05) is 0 Å². The van der Waals surface area contributed by atoms with Gasteiger partial charge < -0.3 is 10.6 Å². The molecule has 2 fully saturated rings. The van der Waals surface area contributed by atoms with Gasteiger partial charge in [-0.15, -0.1) is 0 Å². The van der Waals surface area contributed by atoms with Crippen molar-refractivity contribution in [3.05, 3.63) is 0 Å². The Morgan fingerprint density at radius 2 is 1.10 bits per heavy atom. The summed E-state index contributed by atoms with van der Waals surface area (Å²) in [7, 11) is 0. The highest BCUT2D eigenvalue weighted by Gasteiger charge is 2.23. The molecule has 4 heteroatoms. The minimum Gasteiger partial charge on any atom is -0.317 e. The van der Waals surface area contributed by atoms with Crippen LogP contribution in [0.2, 0.25) is 0 Å². The van der Waals surface area contributed by atoms with Gasteiger partial charge in [0.2, 0.25) is 0 Å². The number of hydrogen-bond donors (Lipinski definition) is 2. The molecule has 0 aromatic rings. The van der Waals surface area contributed by atoms with Gasteiger partial charge in [-0.05, 0) is 65.7 Å². The van der Waals surface area contributed by atoms with Crippen LogP contribution in [0.15, 0.2) is 0 Å². The lowest BCUT2D eigenvalue weighted by Crippen LogP contribution is -2.26. The smallest absolute Gasteiger partial charge is 0.0113 e. The standard InChI is InChI=1S/C16H34N4/c1-15(19-11-12-19)5-9-17-7-3-4-8-18-10-6-16(2)20-13-14-20/h15-18H,3-14H2,1-2H3. The van der Waals surface area contributed by atoms with E-state index < -0.39 is 0 Å². The van der Waals surface area contributed by atoms with Crippen molar-refractivity contribution in [2.24, 2.45) is 0 Å². The van der Waals surface area contributed by atoms with Crippen LogP contribution in [-0.4, -0.2) is 74.2 Å². The lowest BCUT2D eigenvalue weighted by molar-refractivity contribution is 0.390. The quantitative estimate of drug-likeness (QED) is 0.392. The van der Waals surface area contributed by atoms with E-state index >= 15 is 0 Å². The maximum absolute atomic E-state index is 3.57. The van der Waals surface area contributed by atoms with Gasteiger partial charge in [-0.3, -0.25) is 9.80 Å². The summed E-state index contributed by atoms with van der Waals surface area (Å²) in [6, 6.07) is 1.57. The van der Waals surface area contributed by atoms with Crippen LogP contribution in [0.25, 0.3) is 0 Å². The molecule has 4 nitrogen and oxygen atoms in total. The van der Waals surface area contributed by atoms with E-state index in [0.29, 0.717) is 0 Å². The van der Waals surface area contributed by atoms with Gasteiger partial charge in [0.1, 0.15) is 0 Å². The van der Waals surface area contributed by atoms with Crippen molar-refractivity contribution in [2.75, 3.05) is 52.4 Å². The van der Waals surface area contributed by atoms with Crippen LogP contribution < -0.4 is 10.6 Å². The highest BCUT2D eigenvalue weighted by Crippen LogP contribution is 2.12. The molecular weight excluding hydrogens is 248 g/mol. The number of nitrogens with one attached hydrogen (secondary N) is 2. The lowest BCUT2D eigenvalue weighted by atomic mass is 10.2. The van der Waals surface area contributed by atoms with E-state index in [1.54, 1.807) is 0 Å². The predicted octanol–water partition coefficient (Wildman–Crippen LogP) is 1.13. The van der Waals surface area contributed by atoms with Crippen LogP contribution in [0.3, 0.4) is 0 Å². The topological polar surface area (TPSA) is 30.1 Å². The molecule has 2 atom stereocenters. The number of hydrogen-bond acceptors (Lipinski definition) is 4. The van der Waals surface area contributed by atoms with Gasteiger partial charge in [0.05, 0.1) is 0 Å². The van der Waals surface area contributed by atoms with E-state index in [1.807, 2.05) is 0 Å². The van der Waals surface area contributed by atoms with Gasteiger partial charge in [0.15, 0.2) is 0 Å². The Morgan fingerprint density at radius 1 is 0.700 bits per heavy atom. The second kappa shape index (κ2) is 8.98. The average molecular weight is 282 g/mol. The first-order valence-electron chi connectivity index (χ1n) is 8.67. The predicted molar refractivity (Wildman–Crippen MR) is 86.3 cm³/mol. The molecule has 0 radical (unpaired) electrons. The monoisotopic (exact) mass is 282 g/mol. The van der Waals surface area contributed by atoms with Crippen LogP contribution in [0, 0.1) is 0 Å². The summed E-state index contributed by atoms with van der Waals surface area (Å²) in [6.45, 7) is 14.7. The van der Waals surface area contributed by atoms with E-state index in [4.69, 9.17) is 0 Å². The van der Waals surface area contributed by atoms with Crippen molar-refractivity contribution in [3.8, 4) is 0 Å². The van der Waals surface area contributed by atoms with Gasteiger partial charge in [-0.25, -0.2) is 0 Å². The molecule has 2 unspecified atom stereocenters. The summed E-state index contributed by atoms with van der Waals surface area (Å²) in [5, 5.41) is 7.14. The van der Waals surface area contributed by atoms with Gasteiger partial charge in [-0.2, -0.15) is 0 Å². The largest absolute Gasteiger partial charge is 0.317 e. The molecule has 0 amide bonds. The van der Waals surface area contributed by atoms with Crippen LogP contribution in [0.5, 0.6) is 0 Å². The molecule has 118 valence electrons. The van der Waals surface area contributed by atoms with E-state index in [1.165, 1.54) is 78.0 Å². The number of unbranched alkanes of at least 4 members (excludes halogenated alkanes) is 1. The minimum atomic E-state index is 0.786. The summed E-state index contributed by atoms with van der Waals surface area (Å²) < 4.78 is 0. The summed E-state index contributed by atoms with van der Waals surface area (Å²) in [6.07, 6.45) is 5.19. The zero-order valence-electron chi connectivity index (χ0n) is 13.5. The van der Waals surface area contributed by atoms with Crippen LogP contribution in [0.4, 0.5) is 0 Å². The fraction of sp³-hybridized carbons (Fsp3) is 1.00. The molecule has 2 saturated heterocycles. The third-order valence-electron chi connectivity index (χ3n) is 4.65. The van der Waals surface area contributed by atoms with Crippen molar-refractivity contribution in [1.29, 1.82) is 0 Å². The first kappa shape index (κ1) is 16.2. The molecule has 2 N–H and O–H groups in total. The zero-order chi connectivity index (χ0) is 14.2. The molecule has 2 rings (SSSR count).